The van der Waals surface area contributed by atoms with Crippen LogP contribution in [0.2, 0.25) is 0 Å². The zero-order valence-electron chi connectivity index (χ0n) is 15.3. The molecule has 8 nitrogen and oxygen atoms in total. The monoisotopic (exact) mass is 358 g/mol. The van der Waals surface area contributed by atoms with Gasteiger partial charge in [-0.15, -0.1) is 0 Å². The van der Waals surface area contributed by atoms with Gasteiger partial charge in [0.25, 0.3) is 0 Å². The summed E-state index contributed by atoms with van der Waals surface area (Å²) < 4.78 is 0. The highest BCUT2D eigenvalue weighted by Crippen LogP contribution is 2.37. The number of benzene rings is 1. The molecule has 26 heavy (non-hydrogen) atoms. The normalized spacial score (nSPS) is 23.0. The molecule has 8 heteroatoms. The Morgan fingerprint density at radius 3 is 2.54 bits per heavy atom. The first kappa shape index (κ1) is 18.0. The molecular weight excluding hydrogens is 334 g/mol. The Hall–Kier alpha value is -2.77. The molecular formula is C18H24N5O3. The van der Waals surface area contributed by atoms with Crippen LogP contribution in [-0.2, 0) is 9.63 Å². The molecule has 2 aliphatic rings. The standard InChI is InChI=1S/C18H24N5O3/c1-21(2)15(20-26-3)13-6-8-14(9-7-13)22-12-18(16(19)24)10-4-5-11-23(18)17(22)25/h6-10H,4-5,11-12H2,1-3H3,(H2,19,24)/t18-/m1/s1. The third-order valence-corrected chi connectivity index (χ3v) is 4.88. The van der Waals surface area contributed by atoms with Crippen LogP contribution in [0.3, 0.4) is 0 Å². The zero-order chi connectivity index (χ0) is 18.9. The Kier molecular flexibility index (Phi) is 4.76. The van der Waals surface area contributed by atoms with Gasteiger partial charge in [-0.05, 0) is 43.5 Å². The molecule has 2 fully saturated rings. The summed E-state index contributed by atoms with van der Waals surface area (Å²) in [5.74, 6) is 0.193. The van der Waals surface area contributed by atoms with E-state index in [1.165, 1.54) is 7.11 Å². The number of hydrogen-bond donors (Lipinski definition) is 1. The SMILES string of the molecule is CON=C(c1ccc(N2C[C@@]3(C(N)=O)[CH]CCCN3C2=O)cc1)N(C)C. The van der Waals surface area contributed by atoms with Crippen molar-refractivity contribution in [2.24, 2.45) is 10.9 Å². The van der Waals surface area contributed by atoms with Gasteiger partial charge in [-0.25, -0.2) is 4.79 Å². The van der Waals surface area contributed by atoms with Crippen LogP contribution < -0.4 is 10.6 Å². The average Bonchev–Trinajstić information content (AvgIpc) is 2.94. The second-order valence-corrected chi connectivity index (χ2v) is 6.69. The van der Waals surface area contributed by atoms with Crippen LogP contribution in [0.25, 0.3) is 0 Å². The Labute approximate surface area is 153 Å². The fourth-order valence-electron chi connectivity index (χ4n) is 3.55. The fraction of sp³-hybridized carbons (Fsp3) is 0.444. The third-order valence-electron chi connectivity index (χ3n) is 4.88. The number of amides is 3. The highest BCUT2D eigenvalue weighted by Gasteiger charge is 2.55. The van der Waals surface area contributed by atoms with Gasteiger partial charge in [-0.1, -0.05) is 5.16 Å². The van der Waals surface area contributed by atoms with Crippen LogP contribution in [0.5, 0.6) is 0 Å². The summed E-state index contributed by atoms with van der Waals surface area (Å²) in [6.07, 6.45) is 3.49. The highest BCUT2D eigenvalue weighted by molar-refractivity contribution is 6.04. The number of rotatable bonds is 4. The van der Waals surface area contributed by atoms with Crippen molar-refractivity contribution in [1.82, 2.24) is 9.80 Å². The zero-order valence-corrected chi connectivity index (χ0v) is 15.3. The van der Waals surface area contributed by atoms with Gasteiger partial charge in [0.15, 0.2) is 5.84 Å². The van der Waals surface area contributed by atoms with Crippen molar-refractivity contribution in [2.45, 2.75) is 18.4 Å². The maximum Gasteiger partial charge on any atom is 0.325 e. The molecule has 1 atom stereocenters. The molecule has 1 radical (unpaired) electrons. The maximum absolute atomic E-state index is 12.9. The number of nitrogens with two attached hydrogens (primary N) is 1. The number of urea groups is 1. The van der Waals surface area contributed by atoms with Crippen LogP contribution in [0.15, 0.2) is 29.4 Å². The number of nitrogens with zero attached hydrogens (tertiary/aromatic N) is 4. The number of carbonyl (C=O) groups is 2. The number of amidine groups is 1. The predicted octanol–water partition coefficient (Wildman–Crippen LogP) is 1.02. The Morgan fingerprint density at radius 1 is 1.31 bits per heavy atom. The van der Waals surface area contributed by atoms with Gasteiger partial charge in [0.1, 0.15) is 12.6 Å². The summed E-state index contributed by atoms with van der Waals surface area (Å²) in [6, 6.07) is 7.24. The predicted molar refractivity (Wildman–Crippen MR) is 98.6 cm³/mol. The molecule has 0 bridgehead atoms. The average molecular weight is 358 g/mol. The number of primary amides is 1. The molecule has 2 heterocycles. The summed E-state index contributed by atoms with van der Waals surface area (Å²) in [6.45, 7) is 0.783. The molecule has 3 amide bonds. The first-order chi connectivity index (χ1) is 12.4. The summed E-state index contributed by atoms with van der Waals surface area (Å²) >= 11 is 0. The molecule has 2 N–H and O–H groups in total. The Morgan fingerprint density at radius 2 is 2.00 bits per heavy atom. The van der Waals surface area contributed by atoms with E-state index in [0.29, 0.717) is 12.4 Å². The van der Waals surface area contributed by atoms with Gasteiger partial charge in [-0.2, -0.15) is 0 Å². The number of piperidine rings is 1. The van der Waals surface area contributed by atoms with Gasteiger partial charge in [-0.3, -0.25) is 9.69 Å². The first-order valence-corrected chi connectivity index (χ1v) is 8.53. The number of anilines is 1. The van der Waals surface area contributed by atoms with E-state index in [0.717, 1.165) is 24.1 Å². The third kappa shape index (κ3) is 2.85. The van der Waals surface area contributed by atoms with Crippen LogP contribution >= 0.6 is 0 Å². The smallest absolute Gasteiger partial charge is 0.325 e. The summed E-state index contributed by atoms with van der Waals surface area (Å²) in [5.41, 5.74) is 6.22. The molecule has 2 saturated heterocycles. The molecule has 139 valence electrons. The lowest BCUT2D eigenvalue weighted by atomic mass is 9.87. The molecule has 3 rings (SSSR count). The first-order valence-electron chi connectivity index (χ1n) is 8.53. The van der Waals surface area contributed by atoms with Crippen molar-refractivity contribution in [3.63, 3.8) is 0 Å². The molecule has 0 spiro atoms. The van der Waals surface area contributed by atoms with E-state index in [-0.39, 0.29) is 12.6 Å². The minimum absolute atomic E-state index is 0.189. The van der Waals surface area contributed by atoms with E-state index < -0.39 is 11.4 Å². The van der Waals surface area contributed by atoms with Crippen molar-refractivity contribution in [1.29, 1.82) is 0 Å². The lowest BCUT2D eigenvalue weighted by Crippen LogP contribution is -2.59. The maximum atomic E-state index is 12.9. The van der Waals surface area contributed by atoms with Crippen molar-refractivity contribution in [2.75, 3.05) is 39.2 Å². The molecule has 1 aromatic carbocycles. The highest BCUT2D eigenvalue weighted by atomic mass is 16.6. The second-order valence-electron chi connectivity index (χ2n) is 6.69. The Bertz CT molecular complexity index is 731. The lowest BCUT2D eigenvalue weighted by Gasteiger charge is -2.37. The number of oxime groups is 1. The molecule has 0 aliphatic carbocycles. The van der Waals surface area contributed by atoms with Crippen molar-refractivity contribution < 1.29 is 14.4 Å². The van der Waals surface area contributed by atoms with Gasteiger partial charge in [0.05, 0.1) is 6.54 Å². The summed E-state index contributed by atoms with van der Waals surface area (Å²) in [5, 5.41) is 4.02. The summed E-state index contributed by atoms with van der Waals surface area (Å²) in [4.78, 5) is 34.9. The quantitative estimate of drug-likeness (QED) is 0.494. The van der Waals surface area contributed by atoms with Crippen molar-refractivity contribution in [3.8, 4) is 0 Å². The van der Waals surface area contributed by atoms with Crippen LogP contribution in [0.4, 0.5) is 10.5 Å². The molecule has 0 unspecified atom stereocenters. The molecule has 2 aliphatic heterocycles. The number of hydrogen-bond acceptors (Lipinski definition) is 4. The van der Waals surface area contributed by atoms with E-state index >= 15 is 0 Å². The van der Waals surface area contributed by atoms with E-state index in [1.54, 1.807) is 9.80 Å². The molecule has 0 aromatic heterocycles. The van der Waals surface area contributed by atoms with Gasteiger partial charge >= 0.3 is 6.03 Å². The van der Waals surface area contributed by atoms with Crippen LogP contribution in [0, 0.1) is 6.42 Å². The lowest BCUT2D eigenvalue weighted by molar-refractivity contribution is -0.126. The van der Waals surface area contributed by atoms with Crippen molar-refractivity contribution in [3.05, 3.63) is 36.2 Å². The number of fused-ring (bicyclic) bond motifs is 1. The van der Waals surface area contributed by atoms with Gasteiger partial charge in [0, 0.05) is 31.9 Å². The van der Waals surface area contributed by atoms with E-state index in [1.807, 2.05) is 49.7 Å². The van der Waals surface area contributed by atoms with Crippen molar-refractivity contribution >= 4 is 23.5 Å². The van der Waals surface area contributed by atoms with Crippen LogP contribution in [0.1, 0.15) is 18.4 Å². The topological polar surface area (TPSA) is 91.5 Å². The van der Waals surface area contributed by atoms with Gasteiger partial charge < -0.3 is 20.4 Å². The van der Waals surface area contributed by atoms with E-state index in [9.17, 15) is 9.59 Å². The fourth-order valence-corrected chi connectivity index (χ4v) is 3.55. The summed E-state index contributed by atoms with van der Waals surface area (Å²) in [7, 11) is 5.25. The minimum Gasteiger partial charge on any atom is -0.397 e. The van der Waals surface area contributed by atoms with Crippen LogP contribution in [-0.4, -0.2) is 67.4 Å². The Balaban J connectivity index is 1.89. The molecule has 0 saturated carbocycles. The minimum atomic E-state index is -1.01. The van der Waals surface area contributed by atoms with Gasteiger partial charge in [0.2, 0.25) is 5.91 Å². The van der Waals surface area contributed by atoms with E-state index in [4.69, 9.17) is 10.6 Å². The number of carbonyl (C=O) groups excluding carboxylic acids is 2. The van der Waals surface area contributed by atoms with E-state index in [2.05, 4.69) is 5.16 Å². The second kappa shape index (κ2) is 6.86. The largest absolute Gasteiger partial charge is 0.397 e. The molecule has 1 aromatic rings.